The third kappa shape index (κ3) is 6.33. The molecule has 0 spiro atoms. The van der Waals surface area contributed by atoms with Gasteiger partial charge in [0, 0.05) is 25.7 Å². The lowest BCUT2D eigenvalue weighted by molar-refractivity contribution is 0.0302. The Morgan fingerprint density at radius 2 is 1.61 bits per heavy atom. The molecule has 4 nitrogen and oxygen atoms in total. The molecule has 0 aromatic rings. The molecule has 2 N–H and O–H groups in total. The molecule has 0 amide bonds. The summed E-state index contributed by atoms with van der Waals surface area (Å²) in [6.07, 6.45) is 7.50. The van der Waals surface area contributed by atoms with Crippen LogP contribution in [0.3, 0.4) is 0 Å². The molecule has 2 fully saturated rings. The van der Waals surface area contributed by atoms with Gasteiger partial charge >= 0.3 is 0 Å². The van der Waals surface area contributed by atoms with Gasteiger partial charge in [0.1, 0.15) is 0 Å². The lowest BCUT2D eigenvalue weighted by atomic mass is 9.71. The fourth-order valence-corrected chi connectivity index (χ4v) is 4.28. The van der Waals surface area contributed by atoms with Gasteiger partial charge in [0.25, 0.3) is 0 Å². The molecule has 2 aliphatic rings. The molecule has 1 unspecified atom stereocenters. The summed E-state index contributed by atoms with van der Waals surface area (Å²) in [6.45, 7) is 10.5. The van der Waals surface area contributed by atoms with Crippen molar-refractivity contribution in [2.45, 2.75) is 77.5 Å². The Kier molecular flexibility index (Phi) is 7.33. The minimum atomic E-state index is -0.350. The van der Waals surface area contributed by atoms with E-state index < -0.39 is 0 Å². The molecule has 0 radical (unpaired) electrons. The summed E-state index contributed by atoms with van der Waals surface area (Å²) in [7, 11) is 1.65. The first-order valence-corrected chi connectivity index (χ1v) is 9.54. The van der Waals surface area contributed by atoms with Gasteiger partial charge < -0.3 is 20.1 Å². The molecule has 23 heavy (non-hydrogen) atoms. The van der Waals surface area contributed by atoms with Crippen molar-refractivity contribution in [3.63, 3.8) is 0 Å². The van der Waals surface area contributed by atoms with Crippen molar-refractivity contribution >= 4 is 0 Å². The molecule has 1 aliphatic heterocycles. The number of piperidine rings is 1. The van der Waals surface area contributed by atoms with Gasteiger partial charge in [-0.1, -0.05) is 20.8 Å². The zero-order valence-electron chi connectivity index (χ0n) is 15.7. The molecule has 1 saturated carbocycles. The minimum absolute atomic E-state index is 0.350. The van der Waals surface area contributed by atoms with E-state index in [1.165, 1.54) is 38.5 Å². The molecule has 1 atom stereocenters. The van der Waals surface area contributed by atoms with E-state index >= 15 is 0 Å². The van der Waals surface area contributed by atoms with Crippen LogP contribution in [0.25, 0.3) is 0 Å². The molecule has 0 aromatic carbocycles. The Morgan fingerprint density at radius 1 is 1.04 bits per heavy atom. The van der Waals surface area contributed by atoms with Crippen LogP contribution in [0.4, 0.5) is 0 Å². The van der Waals surface area contributed by atoms with E-state index in [1.54, 1.807) is 7.11 Å². The van der Waals surface area contributed by atoms with Crippen LogP contribution in [0, 0.1) is 11.3 Å². The van der Waals surface area contributed by atoms with E-state index in [9.17, 15) is 5.11 Å². The zero-order chi connectivity index (χ0) is 16.9. The largest absolute Gasteiger partial charge is 0.389 e. The molecule has 1 saturated heterocycles. The van der Waals surface area contributed by atoms with E-state index in [1.807, 2.05) is 0 Å². The maximum atomic E-state index is 9.84. The van der Waals surface area contributed by atoms with Gasteiger partial charge in [-0.25, -0.2) is 0 Å². The summed E-state index contributed by atoms with van der Waals surface area (Å²) in [6, 6.07) is 1.39. The summed E-state index contributed by atoms with van der Waals surface area (Å²) in [5, 5.41) is 13.8. The second-order valence-electron chi connectivity index (χ2n) is 8.77. The Bertz CT molecular complexity index is 327. The maximum absolute atomic E-state index is 9.84. The average molecular weight is 327 g/mol. The number of hydrogen-bond acceptors (Lipinski definition) is 4. The van der Waals surface area contributed by atoms with Crippen LogP contribution in [0.1, 0.15) is 59.3 Å². The second kappa shape index (κ2) is 8.80. The van der Waals surface area contributed by atoms with Crippen molar-refractivity contribution < 1.29 is 9.84 Å². The number of ether oxygens (including phenoxy) is 1. The van der Waals surface area contributed by atoms with Crippen LogP contribution < -0.4 is 5.32 Å². The highest BCUT2D eigenvalue weighted by Crippen LogP contribution is 2.37. The average Bonchev–Trinajstić information content (AvgIpc) is 2.49. The lowest BCUT2D eigenvalue weighted by Crippen LogP contribution is -2.49. The maximum Gasteiger partial charge on any atom is 0.0900 e. The van der Waals surface area contributed by atoms with Crippen molar-refractivity contribution in [1.82, 2.24) is 10.2 Å². The third-order valence-electron chi connectivity index (χ3n) is 5.84. The first-order valence-electron chi connectivity index (χ1n) is 9.54. The van der Waals surface area contributed by atoms with Crippen molar-refractivity contribution in [3.8, 4) is 0 Å². The van der Waals surface area contributed by atoms with Crippen LogP contribution in [0.15, 0.2) is 0 Å². The van der Waals surface area contributed by atoms with Gasteiger partial charge in [-0.15, -0.1) is 0 Å². The topological polar surface area (TPSA) is 44.7 Å². The molecule has 1 aliphatic carbocycles. The number of hydrogen-bond donors (Lipinski definition) is 2. The number of nitrogens with one attached hydrogen (secondary N) is 1. The van der Waals surface area contributed by atoms with Crippen molar-refractivity contribution in [2.75, 3.05) is 33.4 Å². The highest BCUT2D eigenvalue weighted by molar-refractivity contribution is 4.87. The summed E-state index contributed by atoms with van der Waals surface area (Å²) in [5.41, 5.74) is 0.472. The Balaban J connectivity index is 1.64. The molecule has 0 aromatic heterocycles. The fraction of sp³-hybridized carbons (Fsp3) is 1.00. The quantitative estimate of drug-likeness (QED) is 0.788. The highest BCUT2D eigenvalue weighted by atomic mass is 16.5. The molecule has 2 rings (SSSR count). The van der Waals surface area contributed by atoms with Crippen LogP contribution in [-0.4, -0.2) is 61.5 Å². The molecule has 0 bridgehead atoms. The van der Waals surface area contributed by atoms with Crippen molar-refractivity contribution in [2.24, 2.45) is 11.3 Å². The van der Waals surface area contributed by atoms with Crippen molar-refractivity contribution in [3.05, 3.63) is 0 Å². The van der Waals surface area contributed by atoms with E-state index in [2.05, 4.69) is 31.0 Å². The van der Waals surface area contributed by atoms with Crippen LogP contribution in [0.5, 0.6) is 0 Å². The number of rotatable bonds is 6. The number of methoxy groups -OCH3 is 1. The SMILES string of the molecule is COCC(O)CN1CCC(NC2CCC(C(C)(C)C)CC2)CC1. The number of aliphatic hydroxyl groups is 1. The predicted octanol–water partition coefficient (Wildman–Crippen LogP) is 2.65. The summed E-state index contributed by atoms with van der Waals surface area (Å²) < 4.78 is 5.01. The van der Waals surface area contributed by atoms with Gasteiger partial charge in [-0.3, -0.25) is 0 Å². The van der Waals surface area contributed by atoms with Gasteiger partial charge in [0.05, 0.1) is 12.7 Å². The van der Waals surface area contributed by atoms with Gasteiger partial charge in [-0.05, 0) is 62.9 Å². The number of β-amino-alcohol motifs (C(OH)–C–C–N with tert-alkyl or cyclic N) is 1. The molecular weight excluding hydrogens is 288 g/mol. The van der Waals surface area contributed by atoms with Gasteiger partial charge in [0.15, 0.2) is 0 Å². The fourth-order valence-electron chi connectivity index (χ4n) is 4.28. The Morgan fingerprint density at radius 3 is 2.13 bits per heavy atom. The van der Waals surface area contributed by atoms with E-state index in [0.29, 0.717) is 18.1 Å². The summed E-state index contributed by atoms with van der Waals surface area (Å²) >= 11 is 0. The van der Waals surface area contributed by atoms with Gasteiger partial charge in [-0.2, -0.15) is 0 Å². The Hall–Kier alpha value is -0.160. The molecular formula is C19H38N2O2. The lowest BCUT2D eigenvalue weighted by Gasteiger charge is -2.40. The standard InChI is InChI=1S/C19H38N2O2/c1-19(2,3)15-5-7-16(8-6-15)20-17-9-11-21(12-10-17)13-18(22)14-23-4/h15-18,20,22H,5-14H2,1-4H3. The van der Waals surface area contributed by atoms with Gasteiger partial charge in [0.2, 0.25) is 0 Å². The van der Waals surface area contributed by atoms with E-state index in [-0.39, 0.29) is 6.10 Å². The Labute approximate surface area is 143 Å². The molecule has 1 heterocycles. The second-order valence-corrected chi connectivity index (χ2v) is 8.77. The summed E-state index contributed by atoms with van der Waals surface area (Å²) in [5.74, 6) is 0.893. The first-order chi connectivity index (χ1) is 10.9. The van der Waals surface area contributed by atoms with E-state index in [0.717, 1.165) is 31.6 Å². The number of nitrogens with zero attached hydrogens (tertiary/aromatic N) is 1. The van der Waals surface area contributed by atoms with Crippen LogP contribution in [-0.2, 0) is 4.74 Å². The zero-order valence-corrected chi connectivity index (χ0v) is 15.7. The minimum Gasteiger partial charge on any atom is -0.389 e. The highest BCUT2D eigenvalue weighted by Gasteiger charge is 2.31. The van der Waals surface area contributed by atoms with Crippen LogP contribution in [0.2, 0.25) is 0 Å². The third-order valence-corrected chi connectivity index (χ3v) is 5.84. The molecule has 4 heteroatoms. The monoisotopic (exact) mass is 326 g/mol. The number of likely N-dealkylation sites (tertiary alicyclic amines) is 1. The first kappa shape index (κ1) is 19.2. The number of aliphatic hydroxyl groups excluding tert-OH is 1. The van der Waals surface area contributed by atoms with E-state index in [4.69, 9.17) is 4.74 Å². The van der Waals surface area contributed by atoms with Crippen LogP contribution >= 0.6 is 0 Å². The normalized spacial score (nSPS) is 29.6. The summed E-state index contributed by atoms with van der Waals surface area (Å²) in [4.78, 5) is 2.37. The smallest absolute Gasteiger partial charge is 0.0900 e. The van der Waals surface area contributed by atoms with Crippen molar-refractivity contribution in [1.29, 1.82) is 0 Å². The predicted molar refractivity (Wildman–Crippen MR) is 95.7 cm³/mol. The molecule has 136 valence electrons.